The molecule has 5 heteroatoms. The summed E-state index contributed by atoms with van der Waals surface area (Å²) in [6, 6.07) is 4.87. The Hall–Kier alpha value is -1.33. The molecule has 0 aliphatic carbocycles. The molecule has 0 bridgehead atoms. The van der Waals surface area contributed by atoms with Gasteiger partial charge < -0.3 is 14.6 Å². The lowest BCUT2D eigenvalue weighted by Crippen LogP contribution is -2.24. The molecule has 20 heavy (non-hydrogen) atoms. The van der Waals surface area contributed by atoms with Gasteiger partial charge in [-0.1, -0.05) is 13.0 Å². The summed E-state index contributed by atoms with van der Waals surface area (Å²) in [4.78, 5) is 5.98. The molecule has 0 amide bonds. The maximum atomic E-state index is 5.18. The third-order valence-corrected chi connectivity index (χ3v) is 4.21. The molecule has 4 nitrogen and oxygen atoms in total. The average molecular weight is 293 g/mol. The van der Waals surface area contributed by atoms with Crippen molar-refractivity contribution in [2.75, 3.05) is 19.0 Å². The molecule has 2 heterocycles. The summed E-state index contributed by atoms with van der Waals surface area (Å²) in [6.45, 7) is 7.01. The van der Waals surface area contributed by atoms with Crippen molar-refractivity contribution in [3.63, 3.8) is 0 Å². The van der Waals surface area contributed by atoms with Gasteiger partial charge in [-0.2, -0.15) is 0 Å². The van der Waals surface area contributed by atoms with Gasteiger partial charge in [0.25, 0.3) is 0 Å². The van der Waals surface area contributed by atoms with Gasteiger partial charge >= 0.3 is 0 Å². The van der Waals surface area contributed by atoms with E-state index >= 15 is 0 Å². The van der Waals surface area contributed by atoms with Crippen LogP contribution in [0.3, 0.4) is 0 Å². The van der Waals surface area contributed by atoms with Crippen molar-refractivity contribution in [3.8, 4) is 0 Å². The second kappa shape index (κ2) is 6.90. The summed E-state index contributed by atoms with van der Waals surface area (Å²) in [7, 11) is 1.72. The number of thiophene rings is 1. The van der Waals surface area contributed by atoms with E-state index in [1.807, 2.05) is 6.92 Å². The Morgan fingerprint density at radius 1 is 1.50 bits per heavy atom. The van der Waals surface area contributed by atoms with Gasteiger partial charge in [0.05, 0.1) is 18.3 Å². The lowest BCUT2D eigenvalue weighted by Gasteiger charge is -2.20. The van der Waals surface area contributed by atoms with Crippen LogP contribution in [0.2, 0.25) is 0 Å². The molecular formula is C15H23N3OS. The van der Waals surface area contributed by atoms with Crippen molar-refractivity contribution in [3.05, 3.63) is 34.3 Å². The van der Waals surface area contributed by atoms with Crippen molar-refractivity contribution in [1.29, 1.82) is 0 Å². The Morgan fingerprint density at radius 2 is 2.30 bits per heavy atom. The number of imidazole rings is 1. The molecule has 2 aromatic rings. The molecule has 0 aliphatic rings. The van der Waals surface area contributed by atoms with Crippen LogP contribution in [0.4, 0.5) is 5.95 Å². The van der Waals surface area contributed by atoms with E-state index in [0.29, 0.717) is 12.6 Å². The van der Waals surface area contributed by atoms with Crippen molar-refractivity contribution < 1.29 is 4.74 Å². The highest BCUT2D eigenvalue weighted by atomic mass is 32.1. The van der Waals surface area contributed by atoms with E-state index in [-0.39, 0.29) is 6.04 Å². The molecular weight excluding hydrogens is 270 g/mol. The van der Waals surface area contributed by atoms with E-state index in [1.165, 1.54) is 4.88 Å². The van der Waals surface area contributed by atoms with Crippen molar-refractivity contribution in [1.82, 2.24) is 9.55 Å². The van der Waals surface area contributed by atoms with Crippen LogP contribution in [-0.2, 0) is 4.74 Å². The minimum Gasteiger partial charge on any atom is -0.383 e. The molecule has 0 aromatic carbocycles. The molecule has 2 aromatic heterocycles. The zero-order chi connectivity index (χ0) is 14.5. The second-order valence-corrected chi connectivity index (χ2v) is 6.03. The van der Waals surface area contributed by atoms with E-state index in [9.17, 15) is 0 Å². The Labute approximate surface area is 124 Å². The van der Waals surface area contributed by atoms with Crippen LogP contribution in [0, 0.1) is 6.92 Å². The number of hydrogen-bond donors (Lipinski definition) is 1. The van der Waals surface area contributed by atoms with Crippen molar-refractivity contribution in [2.24, 2.45) is 0 Å². The number of aromatic nitrogens is 2. The van der Waals surface area contributed by atoms with Crippen molar-refractivity contribution in [2.45, 2.75) is 39.3 Å². The van der Waals surface area contributed by atoms with E-state index < -0.39 is 0 Å². The molecule has 0 spiro atoms. The van der Waals surface area contributed by atoms with Crippen LogP contribution in [0.25, 0.3) is 0 Å². The summed E-state index contributed by atoms with van der Waals surface area (Å²) in [5.41, 5.74) is 1.03. The van der Waals surface area contributed by atoms with Gasteiger partial charge in [-0.3, -0.25) is 0 Å². The van der Waals surface area contributed by atoms with Crippen LogP contribution in [0.15, 0.2) is 23.7 Å². The number of hydrogen-bond acceptors (Lipinski definition) is 4. The minimum absolute atomic E-state index is 0.237. The first kappa shape index (κ1) is 15.1. The molecule has 2 rings (SSSR count). The van der Waals surface area contributed by atoms with Gasteiger partial charge in [0, 0.05) is 24.2 Å². The summed E-state index contributed by atoms with van der Waals surface area (Å²) >= 11 is 1.80. The Bertz CT molecular complexity index is 521. The monoisotopic (exact) mass is 293 g/mol. The standard InChI is InChI=1S/C15H23N3OS/c1-5-13(14-7-6-8-20-14)18-9-11(2)16-15(18)17-12(3)10-19-4/h6-9,12-13H,5,10H2,1-4H3,(H,16,17). The molecule has 0 fully saturated rings. The maximum Gasteiger partial charge on any atom is 0.203 e. The Balaban J connectivity index is 2.26. The van der Waals surface area contributed by atoms with E-state index in [2.05, 4.69) is 52.4 Å². The fraction of sp³-hybridized carbons (Fsp3) is 0.533. The number of nitrogens with one attached hydrogen (secondary N) is 1. The molecule has 110 valence electrons. The lowest BCUT2D eigenvalue weighted by molar-refractivity contribution is 0.190. The van der Waals surface area contributed by atoms with Crippen LogP contribution in [0.5, 0.6) is 0 Å². The van der Waals surface area contributed by atoms with Crippen LogP contribution in [0.1, 0.15) is 36.9 Å². The summed E-state index contributed by atoms with van der Waals surface area (Å²) < 4.78 is 7.43. The third-order valence-electron chi connectivity index (χ3n) is 3.24. The average Bonchev–Trinajstić information content (AvgIpc) is 3.02. The maximum absolute atomic E-state index is 5.18. The van der Waals surface area contributed by atoms with Gasteiger partial charge in [-0.15, -0.1) is 11.3 Å². The molecule has 0 aliphatic heterocycles. The number of nitrogens with zero attached hydrogens (tertiary/aromatic N) is 2. The molecule has 2 unspecified atom stereocenters. The highest BCUT2D eigenvalue weighted by Crippen LogP contribution is 2.29. The first-order valence-electron chi connectivity index (χ1n) is 7.00. The fourth-order valence-electron chi connectivity index (χ4n) is 2.39. The first-order valence-corrected chi connectivity index (χ1v) is 7.88. The second-order valence-electron chi connectivity index (χ2n) is 5.05. The topological polar surface area (TPSA) is 39.1 Å². The highest BCUT2D eigenvalue weighted by molar-refractivity contribution is 7.10. The van der Waals surface area contributed by atoms with Gasteiger partial charge in [-0.05, 0) is 31.7 Å². The first-order chi connectivity index (χ1) is 9.65. The minimum atomic E-state index is 0.237. The fourth-order valence-corrected chi connectivity index (χ4v) is 3.30. The van der Waals surface area contributed by atoms with E-state index in [4.69, 9.17) is 4.74 Å². The predicted octanol–water partition coefficient (Wildman–Crippen LogP) is 3.70. The van der Waals surface area contributed by atoms with Crippen LogP contribution >= 0.6 is 11.3 Å². The number of ether oxygens (including phenoxy) is 1. The Kier molecular flexibility index (Phi) is 5.20. The SMILES string of the molecule is CCC(c1cccs1)n1cc(C)nc1NC(C)COC. The molecule has 0 saturated carbocycles. The van der Waals surface area contributed by atoms with Gasteiger partial charge in [0.2, 0.25) is 5.95 Å². The largest absolute Gasteiger partial charge is 0.383 e. The third kappa shape index (κ3) is 3.41. The van der Waals surface area contributed by atoms with E-state index in [1.54, 1.807) is 18.4 Å². The number of anilines is 1. The number of aryl methyl sites for hydroxylation is 1. The molecule has 0 radical (unpaired) electrons. The lowest BCUT2D eigenvalue weighted by atomic mass is 10.2. The smallest absolute Gasteiger partial charge is 0.203 e. The van der Waals surface area contributed by atoms with Gasteiger partial charge in [0.15, 0.2) is 0 Å². The quantitative estimate of drug-likeness (QED) is 0.846. The van der Waals surface area contributed by atoms with Crippen molar-refractivity contribution >= 4 is 17.3 Å². The zero-order valence-corrected chi connectivity index (χ0v) is 13.4. The van der Waals surface area contributed by atoms with Crippen LogP contribution in [-0.4, -0.2) is 29.3 Å². The number of methoxy groups -OCH3 is 1. The molecule has 1 N–H and O–H groups in total. The highest BCUT2D eigenvalue weighted by Gasteiger charge is 2.18. The van der Waals surface area contributed by atoms with Gasteiger partial charge in [0.1, 0.15) is 0 Å². The Morgan fingerprint density at radius 3 is 2.90 bits per heavy atom. The van der Waals surface area contributed by atoms with E-state index in [0.717, 1.165) is 18.1 Å². The summed E-state index contributed by atoms with van der Waals surface area (Å²) in [5.74, 6) is 0.923. The normalized spacial score (nSPS) is 14.2. The number of rotatable bonds is 7. The molecule has 2 atom stereocenters. The van der Waals surface area contributed by atoms with Crippen LogP contribution < -0.4 is 5.32 Å². The summed E-state index contributed by atoms with van der Waals surface area (Å²) in [6.07, 6.45) is 3.17. The van der Waals surface area contributed by atoms with Gasteiger partial charge in [-0.25, -0.2) is 4.98 Å². The zero-order valence-electron chi connectivity index (χ0n) is 12.6. The predicted molar refractivity (Wildman–Crippen MR) is 84.7 cm³/mol. The molecule has 0 saturated heterocycles. The summed E-state index contributed by atoms with van der Waals surface area (Å²) in [5, 5.41) is 5.57.